The monoisotopic (exact) mass is 309 g/mol. The van der Waals surface area contributed by atoms with Gasteiger partial charge >= 0.3 is 6.03 Å². The second-order valence-electron chi connectivity index (χ2n) is 5.89. The van der Waals surface area contributed by atoms with E-state index >= 15 is 0 Å². The lowest BCUT2D eigenvalue weighted by Crippen LogP contribution is -2.49. The highest BCUT2D eigenvalue weighted by molar-refractivity contribution is 7.92. The van der Waals surface area contributed by atoms with Crippen molar-refractivity contribution in [1.82, 2.24) is 4.90 Å². The predicted octanol–water partition coefficient (Wildman–Crippen LogP) is 0.879. The molecule has 1 fully saturated rings. The minimum absolute atomic E-state index is 0.203. The van der Waals surface area contributed by atoms with Crippen LogP contribution in [-0.4, -0.2) is 45.2 Å². The second kappa shape index (κ2) is 4.62. The third-order valence-electron chi connectivity index (χ3n) is 4.62. The lowest BCUT2D eigenvalue weighted by atomic mass is 9.74. The Balaban J connectivity index is 1.98. The van der Waals surface area contributed by atoms with Gasteiger partial charge in [-0.2, -0.15) is 0 Å². The summed E-state index contributed by atoms with van der Waals surface area (Å²) in [6, 6.07) is 7.24. The number of carbonyl (C=O) groups excluding carboxylic acids is 1. The molecule has 2 heterocycles. The van der Waals surface area contributed by atoms with Crippen molar-refractivity contribution in [1.29, 1.82) is 0 Å². The zero-order chi connectivity index (χ0) is 15.3. The smallest absolute Gasteiger partial charge is 0.314 e. The molecule has 0 atom stereocenters. The standard InChI is InChI=1S/C14H19N3O3S/c1-21(19,20)17-10-14(11-4-2-3-5-12(11)17)6-8-16(9-7-14)13(15)18/h2-5H,6-10H2,1H3,(H2,15,18). The van der Waals surface area contributed by atoms with Crippen LogP contribution < -0.4 is 10.0 Å². The van der Waals surface area contributed by atoms with Gasteiger partial charge in [0.25, 0.3) is 0 Å². The summed E-state index contributed by atoms with van der Waals surface area (Å²) in [7, 11) is -3.29. The maximum Gasteiger partial charge on any atom is 0.314 e. The summed E-state index contributed by atoms with van der Waals surface area (Å²) in [5.41, 5.74) is 6.96. The van der Waals surface area contributed by atoms with E-state index in [0.717, 1.165) is 24.1 Å². The van der Waals surface area contributed by atoms with E-state index in [-0.39, 0.29) is 5.41 Å². The summed E-state index contributed by atoms with van der Waals surface area (Å²) < 4.78 is 25.6. The van der Waals surface area contributed by atoms with Crippen LogP contribution in [0.15, 0.2) is 24.3 Å². The van der Waals surface area contributed by atoms with Gasteiger partial charge in [0.2, 0.25) is 10.0 Å². The van der Waals surface area contributed by atoms with Crippen LogP contribution in [0.2, 0.25) is 0 Å². The number of anilines is 1. The molecule has 1 aromatic rings. The minimum atomic E-state index is -3.29. The van der Waals surface area contributed by atoms with E-state index in [4.69, 9.17) is 5.73 Å². The Labute approximate surface area is 124 Å². The molecule has 0 saturated carbocycles. The zero-order valence-electron chi connectivity index (χ0n) is 11.9. The first-order valence-electron chi connectivity index (χ1n) is 6.95. The van der Waals surface area contributed by atoms with Gasteiger partial charge in [-0.15, -0.1) is 0 Å². The Morgan fingerprint density at radius 3 is 2.43 bits per heavy atom. The summed E-state index contributed by atoms with van der Waals surface area (Å²) in [6.45, 7) is 1.60. The SMILES string of the molecule is CS(=O)(=O)N1CC2(CCN(C(N)=O)CC2)c2ccccc21. The van der Waals surface area contributed by atoms with Gasteiger partial charge in [0.05, 0.1) is 11.9 Å². The van der Waals surface area contributed by atoms with Crippen LogP contribution in [0.3, 0.4) is 0 Å². The fourth-order valence-corrected chi connectivity index (χ4v) is 4.46. The number of para-hydroxylation sites is 1. The van der Waals surface area contributed by atoms with Crippen LogP contribution in [0.4, 0.5) is 10.5 Å². The first kappa shape index (κ1) is 14.2. The summed E-state index contributed by atoms with van der Waals surface area (Å²) >= 11 is 0. The van der Waals surface area contributed by atoms with Crippen molar-refractivity contribution in [3.05, 3.63) is 29.8 Å². The van der Waals surface area contributed by atoms with E-state index in [1.165, 1.54) is 10.6 Å². The van der Waals surface area contributed by atoms with Crippen molar-refractivity contribution in [2.24, 2.45) is 5.73 Å². The van der Waals surface area contributed by atoms with Crippen LogP contribution in [-0.2, 0) is 15.4 Å². The Morgan fingerprint density at radius 2 is 1.86 bits per heavy atom. The van der Waals surface area contributed by atoms with E-state index in [9.17, 15) is 13.2 Å². The maximum atomic E-state index is 12.0. The molecule has 2 aliphatic rings. The molecule has 3 rings (SSSR count). The number of rotatable bonds is 1. The van der Waals surface area contributed by atoms with Crippen molar-refractivity contribution in [3.8, 4) is 0 Å². The van der Waals surface area contributed by atoms with Gasteiger partial charge in [0.15, 0.2) is 0 Å². The largest absolute Gasteiger partial charge is 0.351 e. The Morgan fingerprint density at radius 1 is 1.24 bits per heavy atom. The van der Waals surface area contributed by atoms with E-state index in [1.807, 2.05) is 24.3 Å². The molecule has 6 nitrogen and oxygen atoms in total. The number of sulfonamides is 1. The normalized spacial score (nSPS) is 20.6. The van der Waals surface area contributed by atoms with E-state index in [2.05, 4.69) is 0 Å². The lowest BCUT2D eigenvalue weighted by Gasteiger charge is -2.39. The van der Waals surface area contributed by atoms with Gasteiger partial charge < -0.3 is 10.6 Å². The molecule has 7 heteroatoms. The molecule has 1 aromatic carbocycles. The first-order chi connectivity index (χ1) is 9.83. The summed E-state index contributed by atoms with van der Waals surface area (Å²) in [6.07, 6.45) is 2.71. The molecule has 1 saturated heterocycles. The number of hydrogen-bond donors (Lipinski definition) is 1. The first-order valence-corrected chi connectivity index (χ1v) is 8.80. The molecule has 0 unspecified atom stereocenters. The summed E-state index contributed by atoms with van der Waals surface area (Å²) in [5.74, 6) is 0. The Bertz CT molecular complexity index is 678. The highest BCUT2D eigenvalue weighted by Crippen LogP contribution is 2.47. The van der Waals surface area contributed by atoms with Crippen LogP contribution in [0.25, 0.3) is 0 Å². The van der Waals surface area contributed by atoms with E-state index in [1.54, 1.807) is 4.90 Å². The number of piperidine rings is 1. The van der Waals surface area contributed by atoms with Gasteiger partial charge in [-0.1, -0.05) is 18.2 Å². The molecule has 2 N–H and O–H groups in total. The molecule has 2 amide bonds. The third kappa shape index (κ3) is 2.25. The Hall–Kier alpha value is -1.76. The number of fused-ring (bicyclic) bond motifs is 2. The number of nitrogens with two attached hydrogens (primary N) is 1. The molecule has 2 aliphatic heterocycles. The van der Waals surface area contributed by atoms with Gasteiger partial charge in [0.1, 0.15) is 0 Å². The number of likely N-dealkylation sites (tertiary alicyclic amines) is 1. The van der Waals surface area contributed by atoms with Crippen molar-refractivity contribution in [2.75, 3.05) is 30.2 Å². The quantitative estimate of drug-likeness (QED) is 0.836. The van der Waals surface area contributed by atoms with Crippen LogP contribution in [0.1, 0.15) is 18.4 Å². The fraction of sp³-hybridized carbons (Fsp3) is 0.500. The number of carbonyl (C=O) groups is 1. The molecule has 114 valence electrons. The number of amides is 2. The van der Waals surface area contributed by atoms with Gasteiger partial charge in [0, 0.05) is 25.0 Å². The molecule has 0 aromatic heterocycles. The van der Waals surface area contributed by atoms with Crippen LogP contribution >= 0.6 is 0 Å². The van der Waals surface area contributed by atoms with Crippen molar-refractivity contribution < 1.29 is 13.2 Å². The number of primary amides is 1. The predicted molar refractivity (Wildman–Crippen MR) is 80.7 cm³/mol. The second-order valence-corrected chi connectivity index (χ2v) is 7.80. The fourth-order valence-electron chi connectivity index (χ4n) is 3.46. The lowest BCUT2D eigenvalue weighted by molar-refractivity contribution is 0.170. The Kier molecular flexibility index (Phi) is 3.12. The van der Waals surface area contributed by atoms with Crippen molar-refractivity contribution >= 4 is 21.7 Å². The summed E-state index contributed by atoms with van der Waals surface area (Å²) in [4.78, 5) is 12.9. The number of hydrogen-bond acceptors (Lipinski definition) is 3. The molecular weight excluding hydrogens is 290 g/mol. The maximum absolute atomic E-state index is 12.0. The molecule has 0 bridgehead atoms. The molecule has 0 aliphatic carbocycles. The molecule has 1 spiro atoms. The third-order valence-corrected chi connectivity index (χ3v) is 5.75. The zero-order valence-corrected chi connectivity index (χ0v) is 12.8. The average Bonchev–Trinajstić information content (AvgIpc) is 2.75. The van der Waals surface area contributed by atoms with Crippen LogP contribution in [0.5, 0.6) is 0 Å². The van der Waals surface area contributed by atoms with E-state index < -0.39 is 16.1 Å². The highest BCUT2D eigenvalue weighted by atomic mass is 32.2. The van der Waals surface area contributed by atoms with Gasteiger partial charge in [-0.3, -0.25) is 4.31 Å². The molecule has 21 heavy (non-hydrogen) atoms. The van der Waals surface area contributed by atoms with Crippen molar-refractivity contribution in [3.63, 3.8) is 0 Å². The minimum Gasteiger partial charge on any atom is -0.351 e. The molecule has 0 radical (unpaired) electrons. The molecular formula is C14H19N3O3S. The van der Waals surface area contributed by atoms with Crippen molar-refractivity contribution in [2.45, 2.75) is 18.3 Å². The van der Waals surface area contributed by atoms with Gasteiger partial charge in [-0.25, -0.2) is 13.2 Å². The number of urea groups is 1. The average molecular weight is 309 g/mol. The number of benzene rings is 1. The van der Waals surface area contributed by atoms with Gasteiger partial charge in [-0.05, 0) is 24.5 Å². The van der Waals surface area contributed by atoms with Crippen LogP contribution in [0, 0.1) is 0 Å². The highest BCUT2D eigenvalue weighted by Gasteiger charge is 2.47. The topological polar surface area (TPSA) is 83.7 Å². The number of nitrogens with zero attached hydrogens (tertiary/aromatic N) is 2. The summed E-state index contributed by atoms with van der Waals surface area (Å²) in [5, 5.41) is 0. The van der Waals surface area contributed by atoms with E-state index in [0.29, 0.717) is 19.6 Å².